The van der Waals surface area contributed by atoms with Crippen molar-refractivity contribution in [2.45, 2.75) is 25.1 Å². The molecular weight excluding hydrogens is 226 g/mol. The summed E-state index contributed by atoms with van der Waals surface area (Å²) in [6.45, 7) is 1.97. The van der Waals surface area contributed by atoms with Gasteiger partial charge in [-0.1, -0.05) is 23.2 Å². The van der Waals surface area contributed by atoms with E-state index in [2.05, 4.69) is 0 Å². The molecule has 1 atom stereocenters. The third-order valence-corrected chi connectivity index (χ3v) is 2.64. The van der Waals surface area contributed by atoms with Crippen LogP contribution in [0.3, 0.4) is 0 Å². The molecule has 72 valence electrons. The normalized spacial score (nSPS) is 12.9. The van der Waals surface area contributed by atoms with Gasteiger partial charge in [0, 0.05) is 15.4 Å². The van der Waals surface area contributed by atoms with Crippen LogP contribution < -0.4 is 0 Å². The SMILES string of the molecule is CC(Cl)CCc1cc(Cl)ccc1Cl. The molecule has 0 bridgehead atoms. The second-order valence-corrected chi connectivity index (χ2v) is 4.64. The number of hydrogen-bond acceptors (Lipinski definition) is 0. The fraction of sp³-hybridized carbons (Fsp3) is 0.400. The predicted octanol–water partition coefficient (Wildman–Crippen LogP) is 4.55. The van der Waals surface area contributed by atoms with Crippen LogP contribution in [0, 0.1) is 0 Å². The highest BCUT2D eigenvalue weighted by Crippen LogP contribution is 2.22. The zero-order valence-electron chi connectivity index (χ0n) is 7.36. The van der Waals surface area contributed by atoms with Crippen LogP contribution in [0.2, 0.25) is 10.0 Å². The second kappa shape index (κ2) is 5.09. The van der Waals surface area contributed by atoms with E-state index in [9.17, 15) is 0 Å². The first-order valence-corrected chi connectivity index (χ1v) is 5.37. The lowest BCUT2D eigenvalue weighted by Gasteiger charge is -2.05. The van der Waals surface area contributed by atoms with Crippen LogP contribution in [0.25, 0.3) is 0 Å². The molecule has 0 nitrogen and oxygen atoms in total. The van der Waals surface area contributed by atoms with Gasteiger partial charge in [0.1, 0.15) is 0 Å². The highest BCUT2D eigenvalue weighted by atomic mass is 35.5. The molecule has 0 aromatic heterocycles. The summed E-state index contributed by atoms with van der Waals surface area (Å²) in [7, 11) is 0. The van der Waals surface area contributed by atoms with Gasteiger partial charge in [-0.3, -0.25) is 0 Å². The van der Waals surface area contributed by atoms with Crippen molar-refractivity contribution in [2.75, 3.05) is 0 Å². The lowest BCUT2D eigenvalue weighted by molar-refractivity contribution is 0.803. The number of halogens is 3. The molecule has 1 rings (SSSR count). The molecule has 0 N–H and O–H groups in total. The first kappa shape index (κ1) is 11.2. The maximum absolute atomic E-state index is 5.98. The molecule has 0 aliphatic heterocycles. The van der Waals surface area contributed by atoms with Crippen LogP contribution in [-0.4, -0.2) is 5.38 Å². The number of alkyl halides is 1. The van der Waals surface area contributed by atoms with Crippen LogP contribution in [0.5, 0.6) is 0 Å². The molecule has 0 fully saturated rings. The first-order valence-electron chi connectivity index (χ1n) is 4.17. The summed E-state index contributed by atoms with van der Waals surface area (Å²) in [5.41, 5.74) is 1.07. The molecule has 0 amide bonds. The van der Waals surface area contributed by atoms with Crippen molar-refractivity contribution in [3.63, 3.8) is 0 Å². The standard InChI is InChI=1S/C10H11Cl3/c1-7(11)2-3-8-6-9(12)4-5-10(8)13/h4-7H,2-3H2,1H3. The second-order valence-electron chi connectivity index (χ2n) is 3.06. The highest BCUT2D eigenvalue weighted by molar-refractivity contribution is 6.33. The average molecular weight is 238 g/mol. The fourth-order valence-electron chi connectivity index (χ4n) is 1.09. The van der Waals surface area contributed by atoms with Gasteiger partial charge in [-0.15, -0.1) is 11.6 Å². The van der Waals surface area contributed by atoms with E-state index >= 15 is 0 Å². The minimum Gasteiger partial charge on any atom is -0.123 e. The summed E-state index contributed by atoms with van der Waals surface area (Å²) >= 11 is 17.7. The summed E-state index contributed by atoms with van der Waals surface area (Å²) < 4.78 is 0. The molecule has 0 aliphatic rings. The van der Waals surface area contributed by atoms with Gasteiger partial charge in [0.2, 0.25) is 0 Å². The Morgan fingerprint density at radius 3 is 2.62 bits per heavy atom. The summed E-state index contributed by atoms with van der Waals surface area (Å²) in [4.78, 5) is 0. The summed E-state index contributed by atoms with van der Waals surface area (Å²) in [5.74, 6) is 0. The van der Waals surface area contributed by atoms with E-state index in [1.165, 1.54) is 0 Å². The Hall–Kier alpha value is 0.0900. The maximum atomic E-state index is 5.98. The van der Waals surface area contributed by atoms with Gasteiger partial charge in [-0.2, -0.15) is 0 Å². The van der Waals surface area contributed by atoms with Crippen molar-refractivity contribution in [1.29, 1.82) is 0 Å². The van der Waals surface area contributed by atoms with Gasteiger partial charge in [0.25, 0.3) is 0 Å². The van der Waals surface area contributed by atoms with E-state index in [0.717, 1.165) is 28.5 Å². The molecule has 13 heavy (non-hydrogen) atoms. The summed E-state index contributed by atoms with van der Waals surface area (Å²) in [5, 5.41) is 1.67. The Bertz CT molecular complexity index is 281. The quantitative estimate of drug-likeness (QED) is 0.677. The van der Waals surface area contributed by atoms with Crippen molar-refractivity contribution < 1.29 is 0 Å². The Kier molecular flexibility index (Phi) is 4.37. The lowest BCUT2D eigenvalue weighted by Crippen LogP contribution is -1.95. The van der Waals surface area contributed by atoms with Crippen LogP contribution in [0.15, 0.2) is 18.2 Å². The van der Waals surface area contributed by atoms with Crippen molar-refractivity contribution in [3.05, 3.63) is 33.8 Å². The number of hydrogen-bond donors (Lipinski definition) is 0. The van der Waals surface area contributed by atoms with E-state index in [0.29, 0.717) is 0 Å². The summed E-state index contributed by atoms with van der Waals surface area (Å²) in [6.07, 6.45) is 1.80. The minimum absolute atomic E-state index is 0.176. The van der Waals surface area contributed by atoms with E-state index in [1.807, 2.05) is 19.1 Å². The van der Waals surface area contributed by atoms with Gasteiger partial charge in [0.05, 0.1) is 0 Å². The smallest absolute Gasteiger partial charge is 0.0439 e. The lowest BCUT2D eigenvalue weighted by atomic mass is 10.1. The predicted molar refractivity (Wildman–Crippen MR) is 60.1 cm³/mol. The van der Waals surface area contributed by atoms with E-state index in [4.69, 9.17) is 34.8 Å². The van der Waals surface area contributed by atoms with Gasteiger partial charge in [-0.25, -0.2) is 0 Å². The summed E-state index contributed by atoms with van der Waals surface area (Å²) in [6, 6.07) is 5.50. The molecule has 1 aromatic carbocycles. The molecule has 1 aromatic rings. The minimum atomic E-state index is 0.176. The topological polar surface area (TPSA) is 0 Å². The van der Waals surface area contributed by atoms with Crippen LogP contribution in [0.1, 0.15) is 18.9 Å². The van der Waals surface area contributed by atoms with E-state index in [1.54, 1.807) is 6.07 Å². The Morgan fingerprint density at radius 2 is 2.00 bits per heavy atom. The van der Waals surface area contributed by atoms with Gasteiger partial charge >= 0.3 is 0 Å². The van der Waals surface area contributed by atoms with Crippen LogP contribution in [-0.2, 0) is 6.42 Å². The van der Waals surface area contributed by atoms with Gasteiger partial charge in [-0.05, 0) is 43.5 Å². The Morgan fingerprint density at radius 1 is 1.31 bits per heavy atom. The zero-order chi connectivity index (χ0) is 9.84. The number of benzene rings is 1. The molecule has 0 aliphatic carbocycles. The third kappa shape index (κ3) is 3.76. The molecule has 1 unspecified atom stereocenters. The zero-order valence-corrected chi connectivity index (χ0v) is 9.63. The Balaban J connectivity index is 2.70. The van der Waals surface area contributed by atoms with Gasteiger partial charge < -0.3 is 0 Å². The molecule has 0 saturated heterocycles. The molecule has 0 saturated carbocycles. The highest BCUT2D eigenvalue weighted by Gasteiger charge is 2.03. The van der Waals surface area contributed by atoms with Crippen molar-refractivity contribution >= 4 is 34.8 Å². The average Bonchev–Trinajstić information content (AvgIpc) is 2.06. The monoisotopic (exact) mass is 236 g/mol. The molecular formula is C10H11Cl3. The third-order valence-electron chi connectivity index (χ3n) is 1.82. The van der Waals surface area contributed by atoms with E-state index in [-0.39, 0.29) is 5.38 Å². The fourth-order valence-corrected chi connectivity index (χ4v) is 1.61. The Labute approximate surface area is 93.8 Å². The number of aryl methyl sites for hydroxylation is 1. The molecule has 0 heterocycles. The first-order chi connectivity index (χ1) is 6.09. The largest absolute Gasteiger partial charge is 0.123 e. The van der Waals surface area contributed by atoms with E-state index < -0.39 is 0 Å². The van der Waals surface area contributed by atoms with Crippen LogP contribution in [0.4, 0.5) is 0 Å². The van der Waals surface area contributed by atoms with Gasteiger partial charge in [0.15, 0.2) is 0 Å². The van der Waals surface area contributed by atoms with Crippen molar-refractivity contribution in [1.82, 2.24) is 0 Å². The molecule has 0 spiro atoms. The molecule has 3 heteroatoms. The molecule has 0 radical (unpaired) electrons. The maximum Gasteiger partial charge on any atom is 0.0439 e. The van der Waals surface area contributed by atoms with Crippen molar-refractivity contribution in [2.24, 2.45) is 0 Å². The number of rotatable bonds is 3. The van der Waals surface area contributed by atoms with Crippen molar-refractivity contribution in [3.8, 4) is 0 Å². The van der Waals surface area contributed by atoms with Crippen LogP contribution >= 0.6 is 34.8 Å².